The molecule has 6 heteroatoms. The third kappa shape index (κ3) is 45.4. The van der Waals surface area contributed by atoms with E-state index in [1.165, 1.54) is 238 Å². The van der Waals surface area contributed by atoms with E-state index >= 15 is 0 Å². The van der Waals surface area contributed by atoms with Crippen molar-refractivity contribution in [3.8, 4) is 0 Å². The van der Waals surface area contributed by atoms with Gasteiger partial charge < -0.3 is 20.3 Å². The molecule has 0 saturated heterocycles. The summed E-state index contributed by atoms with van der Waals surface area (Å²) < 4.78 is 5.96. The highest BCUT2D eigenvalue weighted by molar-refractivity contribution is 5.77. The quantitative estimate of drug-likeness (QED) is 0.0418. The van der Waals surface area contributed by atoms with Crippen molar-refractivity contribution in [1.82, 2.24) is 5.32 Å². The Balaban J connectivity index is 4.43. The minimum Gasteiger partial charge on any atom is -0.462 e. The molecule has 0 heterocycles. The molecular weight excluding hydrogens is 767 g/mol. The molecule has 6 nitrogen and oxygen atoms in total. The maximum atomic E-state index is 13.2. The molecule has 0 aromatic heterocycles. The molecule has 0 aromatic carbocycles. The largest absolute Gasteiger partial charge is 0.462 e. The monoisotopic (exact) mass is 878 g/mol. The highest BCUT2D eigenvalue weighted by atomic mass is 16.5. The van der Waals surface area contributed by atoms with Gasteiger partial charge in [0.25, 0.3) is 0 Å². The van der Waals surface area contributed by atoms with Gasteiger partial charge in [0.1, 0.15) is 6.10 Å². The van der Waals surface area contributed by atoms with Crippen LogP contribution in [0.3, 0.4) is 0 Å². The maximum Gasteiger partial charge on any atom is 0.306 e. The van der Waals surface area contributed by atoms with Gasteiger partial charge in [-0.15, -0.1) is 0 Å². The number of aliphatic hydroxyl groups is 2. The van der Waals surface area contributed by atoms with Crippen LogP contribution in [0.4, 0.5) is 0 Å². The Bertz CT molecular complexity index is 898. The van der Waals surface area contributed by atoms with Crippen molar-refractivity contribution >= 4 is 11.9 Å². The molecule has 3 atom stereocenters. The molecule has 3 N–H and O–H groups in total. The van der Waals surface area contributed by atoms with Crippen LogP contribution in [0.1, 0.15) is 323 Å². The van der Waals surface area contributed by atoms with Gasteiger partial charge in [0, 0.05) is 6.42 Å². The molecular formula is C56H111NO5. The first-order valence-electron chi connectivity index (χ1n) is 28.3. The third-order valence-electron chi connectivity index (χ3n) is 13.4. The second-order valence-corrected chi connectivity index (χ2v) is 19.7. The second-order valence-electron chi connectivity index (χ2n) is 19.7. The van der Waals surface area contributed by atoms with Crippen LogP contribution in [0.25, 0.3) is 0 Å². The molecule has 0 rings (SSSR count). The number of amides is 1. The summed E-state index contributed by atoms with van der Waals surface area (Å²) in [6.45, 7) is 6.53. The van der Waals surface area contributed by atoms with E-state index in [4.69, 9.17) is 4.74 Å². The molecule has 0 saturated carbocycles. The fraction of sp³-hybridized carbons (Fsp3) is 0.964. The average molecular weight is 879 g/mol. The van der Waals surface area contributed by atoms with E-state index in [1.54, 1.807) is 0 Å². The van der Waals surface area contributed by atoms with Crippen LogP contribution in [-0.2, 0) is 14.3 Å². The number of aliphatic hydroxyl groups excluding tert-OH is 2. The van der Waals surface area contributed by atoms with E-state index in [0.29, 0.717) is 19.3 Å². The third-order valence-corrected chi connectivity index (χ3v) is 13.4. The summed E-state index contributed by atoms with van der Waals surface area (Å²) in [6, 6.07) is -0.692. The lowest BCUT2D eigenvalue weighted by atomic mass is 10.0. The Hall–Kier alpha value is -1.14. The molecule has 0 aliphatic heterocycles. The lowest BCUT2D eigenvalue weighted by Crippen LogP contribution is -2.46. The SMILES string of the molecule is CCCCCCCCCCCCCCCCCCCCC(=O)OC(CCCCCCCCCCCCCC)CC(=O)NC(CO)C(O)CCCCCCCCCCCCCCC. The topological polar surface area (TPSA) is 95.9 Å². The summed E-state index contributed by atoms with van der Waals surface area (Å²) in [5, 5.41) is 23.8. The summed E-state index contributed by atoms with van der Waals surface area (Å²) in [6.07, 6.45) is 56.0. The number of carbonyl (C=O) groups excluding carboxylic acids is 2. The molecule has 1 amide bonds. The van der Waals surface area contributed by atoms with Crippen molar-refractivity contribution in [2.24, 2.45) is 0 Å². The van der Waals surface area contributed by atoms with Crippen molar-refractivity contribution in [2.75, 3.05) is 6.61 Å². The van der Waals surface area contributed by atoms with Crippen molar-refractivity contribution in [2.45, 2.75) is 341 Å². The van der Waals surface area contributed by atoms with Gasteiger partial charge in [-0.1, -0.05) is 284 Å². The van der Waals surface area contributed by atoms with Crippen LogP contribution in [-0.4, -0.2) is 46.9 Å². The molecule has 0 aromatic rings. The van der Waals surface area contributed by atoms with Gasteiger partial charge in [0.2, 0.25) is 5.91 Å². The van der Waals surface area contributed by atoms with E-state index in [-0.39, 0.29) is 24.9 Å². The van der Waals surface area contributed by atoms with E-state index < -0.39 is 18.2 Å². The van der Waals surface area contributed by atoms with Gasteiger partial charge in [-0.2, -0.15) is 0 Å². The summed E-state index contributed by atoms with van der Waals surface area (Å²) >= 11 is 0. The summed E-state index contributed by atoms with van der Waals surface area (Å²) in [5.74, 6) is -0.447. The summed E-state index contributed by atoms with van der Waals surface area (Å²) in [7, 11) is 0. The van der Waals surface area contributed by atoms with Crippen molar-refractivity contribution < 1.29 is 24.5 Å². The Morgan fingerprint density at radius 2 is 0.677 bits per heavy atom. The number of nitrogens with one attached hydrogen (secondary N) is 1. The van der Waals surface area contributed by atoms with Gasteiger partial charge in [0.15, 0.2) is 0 Å². The van der Waals surface area contributed by atoms with Crippen LogP contribution in [0, 0.1) is 0 Å². The molecule has 0 bridgehead atoms. The van der Waals surface area contributed by atoms with E-state index in [1.807, 2.05) is 0 Å². The van der Waals surface area contributed by atoms with Crippen LogP contribution < -0.4 is 5.32 Å². The minimum absolute atomic E-state index is 0.0882. The lowest BCUT2D eigenvalue weighted by Gasteiger charge is -2.24. The Morgan fingerprint density at radius 1 is 0.403 bits per heavy atom. The highest BCUT2D eigenvalue weighted by Crippen LogP contribution is 2.19. The number of hydrogen-bond acceptors (Lipinski definition) is 5. The van der Waals surface area contributed by atoms with Crippen molar-refractivity contribution in [1.29, 1.82) is 0 Å². The molecule has 62 heavy (non-hydrogen) atoms. The smallest absolute Gasteiger partial charge is 0.306 e. The molecule has 370 valence electrons. The number of hydrogen-bond donors (Lipinski definition) is 3. The number of carbonyl (C=O) groups is 2. The summed E-state index contributed by atoms with van der Waals surface area (Å²) in [4.78, 5) is 26.2. The van der Waals surface area contributed by atoms with Crippen LogP contribution in [0.2, 0.25) is 0 Å². The van der Waals surface area contributed by atoms with Crippen LogP contribution >= 0.6 is 0 Å². The first-order chi connectivity index (χ1) is 30.5. The molecule has 0 aliphatic rings. The zero-order valence-electron chi connectivity index (χ0n) is 42.3. The Labute approximate surface area is 387 Å². The zero-order valence-corrected chi connectivity index (χ0v) is 42.3. The molecule has 3 unspecified atom stereocenters. The lowest BCUT2D eigenvalue weighted by molar-refractivity contribution is -0.151. The van der Waals surface area contributed by atoms with Gasteiger partial charge in [0.05, 0.1) is 25.2 Å². The van der Waals surface area contributed by atoms with Crippen molar-refractivity contribution in [3.05, 3.63) is 0 Å². The predicted molar refractivity (Wildman–Crippen MR) is 269 cm³/mol. The van der Waals surface area contributed by atoms with Crippen LogP contribution in [0.15, 0.2) is 0 Å². The number of rotatable bonds is 52. The van der Waals surface area contributed by atoms with Crippen molar-refractivity contribution in [3.63, 3.8) is 0 Å². The fourth-order valence-electron chi connectivity index (χ4n) is 9.14. The Kier molecular flexibility index (Phi) is 49.9. The Morgan fingerprint density at radius 3 is 0.984 bits per heavy atom. The van der Waals surface area contributed by atoms with Gasteiger partial charge in [-0.25, -0.2) is 0 Å². The zero-order chi connectivity index (χ0) is 45.2. The van der Waals surface area contributed by atoms with Gasteiger partial charge in [-0.3, -0.25) is 9.59 Å². The fourth-order valence-corrected chi connectivity index (χ4v) is 9.14. The number of ether oxygens (including phenoxy) is 1. The molecule has 0 fully saturated rings. The number of unbranched alkanes of at least 4 members (excludes halogenated alkanes) is 40. The number of esters is 1. The second kappa shape index (κ2) is 50.9. The normalized spacial score (nSPS) is 13.0. The average Bonchev–Trinajstić information content (AvgIpc) is 3.26. The van der Waals surface area contributed by atoms with Gasteiger partial charge >= 0.3 is 5.97 Å². The van der Waals surface area contributed by atoms with E-state index in [0.717, 1.165) is 38.5 Å². The molecule has 0 aliphatic carbocycles. The predicted octanol–water partition coefficient (Wildman–Crippen LogP) is 17.1. The standard InChI is InChI=1S/C56H111NO5/c1-4-7-10-13-16-19-22-25-26-27-28-29-31-34-37-40-43-46-49-56(61)62-52(47-44-41-38-35-32-24-21-18-15-12-9-6-3)50-55(60)57-53(51-58)54(59)48-45-42-39-36-33-30-23-20-17-14-11-8-5-2/h52-54,58-59H,4-51H2,1-3H3,(H,57,60). The summed E-state index contributed by atoms with van der Waals surface area (Å²) in [5.41, 5.74) is 0. The highest BCUT2D eigenvalue weighted by Gasteiger charge is 2.24. The molecule has 0 spiro atoms. The first-order valence-corrected chi connectivity index (χ1v) is 28.3. The molecule has 0 radical (unpaired) electrons. The van der Waals surface area contributed by atoms with E-state index in [9.17, 15) is 19.8 Å². The van der Waals surface area contributed by atoms with E-state index in [2.05, 4.69) is 26.1 Å². The minimum atomic E-state index is -0.779. The van der Waals surface area contributed by atoms with Crippen LogP contribution in [0.5, 0.6) is 0 Å². The first kappa shape index (κ1) is 60.9. The van der Waals surface area contributed by atoms with Gasteiger partial charge in [-0.05, 0) is 25.7 Å². The maximum absolute atomic E-state index is 13.2.